The summed E-state index contributed by atoms with van der Waals surface area (Å²) in [6.45, 7) is 0.651. The monoisotopic (exact) mass is 352 g/mol. The van der Waals surface area contributed by atoms with E-state index >= 15 is 0 Å². The van der Waals surface area contributed by atoms with Crippen molar-refractivity contribution in [3.63, 3.8) is 0 Å². The molecule has 23 heavy (non-hydrogen) atoms. The summed E-state index contributed by atoms with van der Waals surface area (Å²) >= 11 is 12.0. The van der Waals surface area contributed by atoms with Crippen LogP contribution in [0.5, 0.6) is 5.75 Å². The number of hydrogen-bond donors (Lipinski definition) is 0. The second-order valence-corrected chi connectivity index (χ2v) is 5.43. The minimum absolute atomic E-state index is 0.280. The van der Waals surface area contributed by atoms with Gasteiger partial charge in [0.2, 0.25) is 5.82 Å². The van der Waals surface area contributed by atoms with Gasteiger partial charge >= 0.3 is 0 Å². The summed E-state index contributed by atoms with van der Waals surface area (Å²) in [5.74, 6) is 0.529. The van der Waals surface area contributed by atoms with Gasteiger partial charge in [0.25, 0.3) is 0 Å². The second-order valence-electron chi connectivity index (χ2n) is 4.62. The largest absolute Gasteiger partial charge is 0.488 e. The molecule has 2 aromatic carbocycles. The zero-order chi connectivity index (χ0) is 16.2. The summed E-state index contributed by atoms with van der Waals surface area (Å²) < 4.78 is 18.5. The first-order chi connectivity index (χ1) is 11.1. The highest BCUT2D eigenvalue weighted by atomic mass is 35.5. The van der Waals surface area contributed by atoms with E-state index in [0.29, 0.717) is 33.7 Å². The summed E-state index contributed by atoms with van der Waals surface area (Å²) in [6, 6.07) is 11.0. The van der Waals surface area contributed by atoms with Crippen LogP contribution in [-0.2, 0) is 6.54 Å². The summed E-state index contributed by atoms with van der Waals surface area (Å²) in [6.07, 6.45) is 0. The lowest BCUT2D eigenvalue weighted by atomic mass is 10.2. The Labute approximate surface area is 141 Å². The standard InChI is InChI=1S/C15H11Cl2FN4O/c16-12-2-1-3-13(17)14(12)23-9-8-22-20-15(19-21-22)10-4-6-11(18)7-5-10/h1-7H,8-9H2. The fourth-order valence-corrected chi connectivity index (χ4v) is 2.41. The number of rotatable bonds is 5. The molecule has 0 saturated heterocycles. The Morgan fingerprint density at radius 1 is 1.04 bits per heavy atom. The first-order valence-corrected chi connectivity index (χ1v) is 7.49. The third-order valence-electron chi connectivity index (χ3n) is 3.01. The van der Waals surface area contributed by atoms with E-state index in [9.17, 15) is 4.39 Å². The molecule has 0 bridgehead atoms. The summed E-state index contributed by atoms with van der Waals surface area (Å²) in [5, 5.41) is 12.9. The van der Waals surface area contributed by atoms with Crippen LogP contribution in [0.3, 0.4) is 0 Å². The van der Waals surface area contributed by atoms with E-state index in [2.05, 4.69) is 15.4 Å². The van der Waals surface area contributed by atoms with Crippen LogP contribution in [0.25, 0.3) is 11.4 Å². The lowest BCUT2D eigenvalue weighted by molar-refractivity contribution is 0.280. The van der Waals surface area contributed by atoms with Crippen molar-refractivity contribution in [3.05, 3.63) is 58.3 Å². The predicted molar refractivity (Wildman–Crippen MR) is 85.2 cm³/mol. The molecule has 3 rings (SSSR count). The third kappa shape index (κ3) is 3.78. The van der Waals surface area contributed by atoms with Crippen molar-refractivity contribution in [2.45, 2.75) is 6.54 Å². The number of hydrogen-bond acceptors (Lipinski definition) is 4. The molecule has 0 radical (unpaired) electrons. The van der Waals surface area contributed by atoms with Gasteiger partial charge in [-0.15, -0.1) is 10.2 Å². The van der Waals surface area contributed by atoms with E-state index in [1.165, 1.54) is 16.9 Å². The lowest BCUT2D eigenvalue weighted by Crippen LogP contribution is -2.11. The Bertz CT molecular complexity index is 787. The van der Waals surface area contributed by atoms with E-state index in [1.54, 1.807) is 30.3 Å². The van der Waals surface area contributed by atoms with Gasteiger partial charge in [0.05, 0.1) is 16.6 Å². The Morgan fingerprint density at radius 2 is 1.74 bits per heavy atom. The van der Waals surface area contributed by atoms with Crippen molar-refractivity contribution in [1.82, 2.24) is 20.2 Å². The number of ether oxygens (including phenoxy) is 1. The highest BCUT2D eigenvalue weighted by Crippen LogP contribution is 2.32. The van der Waals surface area contributed by atoms with Crippen LogP contribution in [-0.4, -0.2) is 26.8 Å². The molecule has 0 aliphatic rings. The van der Waals surface area contributed by atoms with Crippen LogP contribution in [0.1, 0.15) is 0 Å². The van der Waals surface area contributed by atoms with E-state index in [4.69, 9.17) is 27.9 Å². The molecule has 0 aliphatic heterocycles. The molecule has 1 aromatic heterocycles. The smallest absolute Gasteiger partial charge is 0.204 e. The average molecular weight is 353 g/mol. The van der Waals surface area contributed by atoms with Crippen LogP contribution in [0.2, 0.25) is 10.0 Å². The highest BCUT2D eigenvalue weighted by molar-refractivity contribution is 6.37. The van der Waals surface area contributed by atoms with Crippen molar-refractivity contribution in [3.8, 4) is 17.1 Å². The maximum atomic E-state index is 12.9. The fraction of sp³-hybridized carbons (Fsp3) is 0.133. The normalized spacial score (nSPS) is 10.7. The van der Waals surface area contributed by atoms with Crippen molar-refractivity contribution >= 4 is 23.2 Å². The maximum absolute atomic E-state index is 12.9. The number of tetrazole rings is 1. The number of nitrogens with zero attached hydrogens (tertiary/aromatic N) is 4. The van der Waals surface area contributed by atoms with Crippen molar-refractivity contribution in [1.29, 1.82) is 0 Å². The van der Waals surface area contributed by atoms with Crippen LogP contribution in [0.4, 0.5) is 4.39 Å². The van der Waals surface area contributed by atoms with Gasteiger partial charge in [-0.25, -0.2) is 4.39 Å². The van der Waals surface area contributed by atoms with Crippen molar-refractivity contribution < 1.29 is 9.13 Å². The van der Waals surface area contributed by atoms with Crippen molar-refractivity contribution in [2.24, 2.45) is 0 Å². The van der Waals surface area contributed by atoms with Gasteiger partial charge in [0.1, 0.15) is 12.4 Å². The molecule has 0 atom stereocenters. The van der Waals surface area contributed by atoms with Crippen LogP contribution in [0.15, 0.2) is 42.5 Å². The topological polar surface area (TPSA) is 52.8 Å². The van der Waals surface area contributed by atoms with Gasteiger partial charge in [-0.1, -0.05) is 29.3 Å². The van der Waals surface area contributed by atoms with Gasteiger partial charge in [-0.2, -0.15) is 4.80 Å². The fourth-order valence-electron chi connectivity index (χ4n) is 1.90. The van der Waals surface area contributed by atoms with Gasteiger partial charge in [0.15, 0.2) is 5.75 Å². The first-order valence-electron chi connectivity index (χ1n) is 6.74. The van der Waals surface area contributed by atoms with Gasteiger partial charge in [-0.3, -0.25) is 0 Å². The molecule has 0 saturated carbocycles. The highest BCUT2D eigenvalue weighted by Gasteiger charge is 2.08. The van der Waals surface area contributed by atoms with Gasteiger partial charge < -0.3 is 4.74 Å². The number of para-hydroxylation sites is 1. The van der Waals surface area contributed by atoms with E-state index in [1.807, 2.05) is 0 Å². The van der Waals surface area contributed by atoms with Crippen LogP contribution in [0, 0.1) is 5.82 Å². The molecular formula is C15H11Cl2FN4O. The first kappa shape index (κ1) is 15.7. The molecule has 0 N–H and O–H groups in total. The SMILES string of the molecule is Fc1ccc(-c2nnn(CCOc3c(Cl)cccc3Cl)n2)cc1. The molecule has 0 amide bonds. The molecule has 118 valence electrons. The Kier molecular flexibility index (Phi) is 4.73. The molecular weight excluding hydrogens is 342 g/mol. The van der Waals surface area contributed by atoms with Crippen molar-refractivity contribution in [2.75, 3.05) is 6.61 Å². The number of benzene rings is 2. The molecule has 5 nitrogen and oxygen atoms in total. The van der Waals surface area contributed by atoms with Crippen LogP contribution >= 0.6 is 23.2 Å². The summed E-state index contributed by atoms with van der Waals surface area (Å²) in [7, 11) is 0. The number of aromatic nitrogens is 4. The molecule has 8 heteroatoms. The minimum atomic E-state index is -0.314. The van der Waals surface area contributed by atoms with E-state index in [-0.39, 0.29) is 12.4 Å². The minimum Gasteiger partial charge on any atom is -0.488 e. The molecule has 1 heterocycles. The van der Waals surface area contributed by atoms with Crippen LogP contribution < -0.4 is 4.74 Å². The second kappa shape index (κ2) is 6.93. The predicted octanol–water partition coefficient (Wildman–Crippen LogP) is 3.87. The average Bonchev–Trinajstić information content (AvgIpc) is 3.00. The zero-order valence-electron chi connectivity index (χ0n) is 11.8. The summed E-state index contributed by atoms with van der Waals surface area (Å²) in [4.78, 5) is 1.39. The Morgan fingerprint density at radius 3 is 2.43 bits per heavy atom. The zero-order valence-corrected chi connectivity index (χ0v) is 13.3. The molecule has 0 aliphatic carbocycles. The Hall–Kier alpha value is -2.18. The van der Waals surface area contributed by atoms with Gasteiger partial charge in [-0.05, 0) is 41.6 Å². The van der Waals surface area contributed by atoms with Gasteiger partial charge in [0, 0.05) is 5.56 Å². The maximum Gasteiger partial charge on any atom is 0.204 e. The molecule has 0 unspecified atom stereocenters. The molecule has 3 aromatic rings. The van der Waals surface area contributed by atoms with E-state index < -0.39 is 0 Å². The Balaban J connectivity index is 1.62. The quantitative estimate of drug-likeness (QED) is 0.699. The number of halogens is 3. The molecule has 0 fully saturated rings. The lowest BCUT2D eigenvalue weighted by Gasteiger charge is -2.08. The third-order valence-corrected chi connectivity index (χ3v) is 3.61. The summed E-state index contributed by atoms with van der Waals surface area (Å²) in [5.41, 5.74) is 0.688. The van der Waals surface area contributed by atoms with E-state index in [0.717, 1.165) is 0 Å². The molecule has 0 spiro atoms.